The third-order valence-corrected chi connectivity index (χ3v) is 6.99. The Morgan fingerprint density at radius 3 is 2.00 bits per heavy atom. The molecule has 0 fully saturated rings. The fraction of sp³-hybridized carbons (Fsp3) is 0.714. The lowest BCUT2D eigenvalue weighted by atomic mass is 9.91. The Morgan fingerprint density at radius 2 is 1.61 bits per heavy atom. The molecular weight excluding hydrogens is 431 g/mol. The van der Waals surface area contributed by atoms with E-state index in [1.807, 2.05) is 0 Å². The van der Waals surface area contributed by atoms with Crippen molar-refractivity contribution in [3.05, 3.63) is 10.1 Å². The quantitative estimate of drug-likeness (QED) is 0.368. The van der Waals surface area contributed by atoms with E-state index in [4.69, 9.17) is 96.6 Å². The van der Waals surface area contributed by atoms with Crippen LogP contribution in [0.5, 0.6) is 0 Å². The van der Waals surface area contributed by atoms with Gasteiger partial charge in [0.15, 0.2) is 4.33 Å². The van der Waals surface area contributed by atoms with Gasteiger partial charge in [0.05, 0.1) is 20.3 Å². The lowest BCUT2D eigenvalue weighted by Gasteiger charge is -2.46. The minimum atomic E-state index is -3.96. The molecule has 18 heavy (non-hydrogen) atoms. The van der Waals surface area contributed by atoms with Gasteiger partial charge in [0.25, 0.3) is 0 Å². The minimum absolute atomic E-state index is 0.0282. The molecule has 3 atom stereocenters. The molecule has 1 aliphatic rings. The maximum Gasteiger partial charge on any atom is 0.380 e. The molecule has 0 aromatic rings. The molecule has 0 aromatic carbocycles. The van der Waals surface area contributed by atoms with E-state index < -0.39 is 26.8 Å². The highest BCUT2D eigenvalue weighted by Gasteiger charge is 2.61. The molecule has 0 heterocycles. The van der Waals surface area contributed by atoms with E-state index in [1.54, 1.807) is 0 Å². The second-order valence-corrected chi connectivity index (χ2v) is 11.3. The van der Waals surface area contributed by atoms with E-state index in [0.717, 1.165) is 0 Å². The normalized spacial score (nSPS) is 36.9. The van der Waals surface area contributed by atoms with E-state index in [0.29, 0.717) is 0 Å². The summed E-state index contributed by atoms with van der Waals surface area (Å²) < 4.78 is 14.3. The first-order valence-electron chi connectivity index (χ1n) is 4.26. The average molecular weight is 436 g/mol. The summed E-state index contributed by atoms with van der Waals surface area (Å²) in [6, 6.07) is 0. The predicted molar refractivity (Wildman–Crippen MR) is 81.3 cm³/mol. The van der Waals surface area contributed by atoms with Crippen molar-refractivity contribution >= 4 is 98.2 Å². The number of hydrogen-bond acceptors (Lipinski definition) is 2. The van der Waals surface area contributed by atoms with Crippen LogP contribution in [0.25, 0.3) is 0 Å². The summed E-state index contributed by atoms with van der Waals surface area (Å²) in [5, 5.41) is -1.14. The molecule has 0 aromatic heterocycles. The van der Waals surface area contributed by atoms with E-state index in [2.05, 4.69) is 0 Å². The monoisotopic (exact) mass is 432 g/mol. The number of allylic oxidation sites excluding steroid dienone is 1. The Labute approximate surface area is 144 Å². The first-order chi connectivity index (χ1) is 7.82. The number of rotatable bonds is 2. The van der Waals surface area contributed by atoms with Gasteiger partial charge in [0.2, 0.25) is 0 Å². The summed E-state index contributed by atoms with van der Waals surface area (Å²) in [7, 11) is 0. The molecule has 0 aliphatic heterocycles. The molecule has 106 valence electrons. The zero-order chi connectivity index (χ0) is 14.5. The fourth-order valence-corrected chi connectivity index (χ4v) is 4.47. The van der Waals surface area contributed by atoms with Gasteiger partial charge in [0.1, 0.15) is 6.10 Å². The van der Waals surface area contributed by atoms with Gasteiger partial charge in [0, 0.05) is 0 Å². The summed E-state index contributed by atoms with van der Waals surface area (Å²) in [6.07, 6.45) is -5.32. The highest BCUT2D eigenvalue weighted by Crippen LogP contribution is 2.64. The molecule has 0 amide bonds. The largest absolute Gasteiger partial charge is 0.380 e. The van der Waals surface area contributed by atoms with E-state index >= 15 is 0 Å². The average Bonchev–Trinajstić information content (AvgIpc) is 2.19. The molecule has 0 saturated carbocycles. The summed E-state index contributed by atoms with van der Waals surface area (Å²) in [4.78, 5) is -1.44. The highest BCUT2D eigenvalue weighted by molar-refractivity contribution is 8.05. The molecule has 2 nitrogen and oxygen atoms in total. The summed E-state index contributed by atoms with van der Waals surface area (Å²) >= 11 is 46.8. The van der Waals surface area contributed by atoms with Gasteiger partial charge < -0.3 is 0 Å². The second-order valence-electron chi connectivity index (χ2n) is 3.66. The molecule has 0 N–H and O–H groups in total. The zero-order valence-corrected chi connectivity index (χ0v) is 15.4. The van der Waals surface area contributed by atoms with Crippen molar-refractivity contribution < 1.29 is 9.09 Å². The van der Waals surface area contributed by atoms with Gasteiger partial charge in [-0.3, -0.25) is 9.09 Å². The Morgan fingerprint density at radius 1 is 1.17 bits per heavy atom. The van der Waals surface area contributed by atoms with Crippen LogP contribution in [0.3, 0.4) is 0 Å². The molecular formula is C7H5Cl8O2P. The van der Waals surface area contributed by atoms with Gasteiger partial charge in [-0.2, -0.15) is 0 Å². The van der Waals surface area contributed by atoms with Crippen LogP contribution in [0.4, 0.5) is 0 Å². The molecule has 0 spiro atoms. The third-order valence-electron chi connectivity index (χ3n) is 2.37. The van der Waals surface area contributed by atoms with Gasteiger partial charge in [-0.25, -0.2) is 0 Å². The molecule has 0 bridgehead atoms. The first kappa shape index (κ1) is 18.3. The number of alkyl halides is 4. The standard InChI is InChI=1S/C7H5Cl8O2P/c1-6(11)4(10)2(8)3(9)5(7(6,12)13)17-18(14,15)16/h4-5H,1H3. The fourth-order valence-electron chi connectivity index (χ4n) is 1.30. The molecule has 0 saturated heterocycles. The van der Waals surface area contributed by atoms with Gasteiger partial charge in [-0.1, -0.05) is 46.4 Å². The van der Waals surface area contributed by atoms with Crippen molar-refractivity contribution in [2.24, 2.45) is 0 Å². The Hall–Kier alpha value is 2.25. The lowest BCUT2D eigenvalue weighted by Crippen LogP contribution is -2.57. The van der Waals surface area contributed by atoms with Crippen LogP contribution >= 0.6 is 98.2 Å². The molecule has 1 rings (SSSR count). The molecule has 0 radical (unpaired) electrons. The Balaban J connectivity index is 3.35. The maximum atomic E-state index is 11.3. The summed E-state index contributed by atoms with van der Waals surface area (Å²) in [6.45, 7) is 1.43. The van der Waals surface area contributed by atoms with E-state index in [9.17, 15) is 4.57 Å². The topological polar surface area (TPSA) is 26.3 Å². The summed E-state index contributed by atoms with van der Waals surface area (Å²) in [5.41, 5.74) is 0. The van der Waals surface area contributed by atoms with Crippen molar-refractivity contribution in [1.82, 2.24) is 0 Å². The molecule has 3 unspecified atom stereocenters. The predicted octanol–water partition coefficient (Wildman–Crippen LogP) is 6.44. The van der Waals surface area contributed by atoms with Crippen molar-refractivity contribution in [3.8, 4) is 0 Å². The van der Waals surface area contributed by atoms with Gasteiger partial charge >= 0.3 is 6.07 Å². The van der Waals surface area contributed by atoms with Crippen LogP contribution < -0.4 is 0 Å². The van der Waals surface area contributed by atoms with Crippen molar-refractivity contribution in [1.29, 1.82) is 0 Å². The van der Waals surface area contributed by atoms with Crippen LogP contribution in [0.15, 0.2) is 10.1 Å². The number of halogens is 8. The van der Waals surface area contributed by atoms with Crippen molar-refractivity contribution in [2.75, 3.05) is 0 Å². The highest BCUT2D eigenvalue weighted by atomic mass is 35.9. The Kier molecular flexibility index (Phi) is 5.90. The maximum absolute atomic E-state index is 11.3. The van der Waals surface area contributed by atoms with Crippen LogP contribution in [-0.2, 0) is 9.09 Å². The molecule has 11 heteroatoms. The van der Waals surface area contributed by atoms with Crippen LogP contribution in [0, 0.1) is 0 Å². The van der Waals surface area contributed by atoms with Crippen LogP contribution in [-0.4, -0.2) is 20.7 Å². The summed E-state index contributed by atoms with van der Waals surface area (Å²) in [5.74, 6) is 0. The van der Waals surface area contributed by atoms with Crippen molar-refractivity contribution in [2.45, 2.75) is 27.6 Å². The van der Waals surface area contributed by atoms with Crippen LogP contribution in [0.1, 0.15) is 6.92 Å². The zero-order valence-electron chi connectivity index (χ0n) is 8.44. The van der Waals surface area contributed by atoms with Gasteiger partial charge in [-0.15, -0.1) is 23.2 Å². The second kappa shape index (κ2) is 5.80. The lowest BCUT2D eigenvalue weighted by molar-refractivity contribution is 0.211. The molecule has 1 aliphatic carbocycles. The SMILES string of the molecule is CC1(Cl)C(Cl)C(Cl)=C(Cl)C(OP(=O)(Cl)Cl)C1(Cl)Cl. The van der Waals surface area contributed by atoms with Crippen LogP contribution in [0.2, 0.25) is 0 Å². The third kappa shape index (κ3) is 3.35. The number of hydrogen-bond donors (Lipinski definition) is 0. The van der Waals surface area contributed by atoms with E-state index in [-0.39, 0.29) is 10.1 Å². The van der Waals surface area contributed by atoms with Crippen molar-refractivity contribution in [3.63, 3.8) is 0 Å². The Bertz CT molecular complexity index is 427. The minimum Gasteiger partial charge on any atom is -0.294 e. The first-order valence-corrected chi connectivity index (χ1v) is 10.0. The smallest absolute Gasteiger partial charge is 0.294 e. The van der Waals surface area contributed by atoms with E-state index in [1.165, 1.54) is 6.92 Å². The van der Waals surface area contributed by atoms with Gasteiger partial charge in [-0.05, 0) is 29.4 Å².